The number of fused-ring (bicyclic) bond motifs is 3. The van der Waals surface area contributed by atoms with Gasteiger partial charge in [0.25, 0.3) is 0 Å². The molecular weight excluding hydrogens is 835 g/mol. The van der Waals surface area contributed by atoms with Crippen LogP contribution in [0.25, 0.3) is 11.1 Å². The van der Waals surface area contributed by atoms with E-state index in [1.807, 2.05) is 146 Å². The molecular formula is C54H53N3O9. The lowest BCUT2D eigenvalue weighted by atomic mass is 9.77. The third kappa shape index (κ3) is 11.1. The predicted octanol–water partition coefficient (Wildman–Crippen LogP) is 8.96. The summed E-state index contributed by atoms with van der Waals surface area (Å²) in [5.74, 6) is -2.92. The van der Waals surface area contributed by atoms with E-state index >= 15 is 0 Å². The van der Waals surface area contributed by atoms with E-state index in [0.717, 1.165) is 38.9 Å². The Kier molecular flexibility index (Phi) is 14.6. The number of hydrogen-bond donors (Lipinski definition) is 3. The highest BCUT2D eigenvalue weighted by Crippen LogP contribution is 2.44. The first-order valence-corrected chi connectivity index (χ1v) is 21.8. The van der Waals surface area contributed by atoms with Gasteiger partial charge in [-0.15, -0.1) is 0 Å². The van der Waals surface area contributed by atoms with E-state index in [-0.39, 0.29) is 19.1 Å². The van der Waals surface area contributed by atoms with Crippen molar-refractivity contribution < 1.29 is 42.9 Å². The maximum atomic E-state index is 14.7. The normalized spacial score (nSPS) is 13.4. The number of benzene rings is 6. The molecule has 0 unspecified atom stereocenters. The maximum Gasteiger partial charge on any atom is 0.408 e. The highest BCUT2D eigenvalue weighted by Gasteiger charge is 2.41. The Morgan fingerprint density at radius 3 is 1.53 bits per heavy atom. The van der Waals surface area contributed by atoms with Gasteiger partial charge in [-0.3, -0.25) is 4.79 Å². The largest absolute Gasteiger partial charge is 0.459 e. The molecule has 0 radical (unpaired) electrons. The SMILES string of the molecule is C[C@@H](OC(=O)[C@H](CC(=O)NC(c1ccccc1)(c1ccccc1)c1ccccc1)NC(=O)OCC1c2ccccc2-c2ccccc21)[C@H](NC(=O)OC(C)(C)C)C(=O)OCc1ccccc1. The number of carbonyl (C=O) groups is 5. The fourth-order valence-electron chi connectivity index (χ4n) is 8.16. The highest BCUT2D eigenvalue weighted by atomic mass is 16.6. The van der Waals surface area contributed by atoms with Gasteiger partial charge < -0.3 is 34.9 Å². The van der Waals surface area contributed by atoms with Crippen LogP contribution in [0.2, 0.25) is 0 Å². The van der Waals surface area contributed by atoms with Crippen LogP contribution in [0, 0.1) is 0 Å². The van der Waals surface area contributed by atoms with Crippen LogP contribution in [0.1, 0.15) is 73.4 Å². The van der Waals surface area contributed by atoms with Crippen LogP contribution in [0.5, 0.6) is 0 Å². The molecule has 0 aromatic heterocycles. The van der Waals surface area contributed by atoms with Crippen molar-refractivity contribution in [3.05, 3.63) is 203 Å². The fourth-order valence-corrected chi connectivity index (χ4v) is 8.16. The molecule has 3 N–H and O–H groups in total. The molecule has 6 aromatic rings. The van der Waals surface area contributed by atoms with Crippen LogP contribution >= 0.6 is 0 Å². The minimum Gasteiger partial charge on any atom is -0.459 e. The van der Waals surface area contributed by atoms with Gasteiger partial charge in [0.15, 0.2) is 6.04 Å². The van der Waals surface area contributed by atoms with Gasteiger partial charge in [-0.2, -0.15) is 0 Å². The summed E-state index contributed by atoms with van der Waals surface area (Å²) in [5.41, 5.74) is 4.74. The second-order valence-electron chi connectivity index (χ2n) is 17.0. The Hall–Kier alpha value is -7.73. The quantitative estimate of drug-likeness (QED) is 0.0490. The summed E-state index contributed by atoms with van der Waals surface area (Å²) in [4.78, 5) is 69.7. The molecule has 66 heavy (non-hydrogen) atoms. The number of amides is 3. The van der Waals surface area contributed by atoms with Gasteiger partial charge in [0, 0.05) is 5.92 Å². The fraction of sp³-hybridized carbons (Fsp3) is 0.241. The van der Waals surface area contributed by atoms with E-state index in [0.29, 0.717) is 5.56 Å². The first-order valence-electron chi connectivity index (χ1n) is 21.8. The van der Waals surface area contributed by atoms with Crippen molar-refractivity contribution in [1.29, 1.82) is 0 Å². The monoisotopic (exact) mass is 887 g/mol. The van der Waals surface area contributed by atoms with Gasteiger partial charge in [0.2, 0.25) is 5.91 Å². The van der Waals surface area contributed by atoms with Crippen molar-refractivity contribution in [2.24, 2.45) is 0 Å². The van der Waals surface area contributed by atoms with Crippen molar-refractivity contribution >= 4 is 30.0 Å². The summed E-state index contributed by atoms with van der Waals surface area (Å²) >= 11 is 0. The molecule has 3 atom stereocenters. The number of nitrogens with one attached hydrogen (secondary N) is 3. The van der Waals surface area contributed by atoms with Crippen LogP contribution in [0.4, 0.5) is 9.59 Å². The topological polar surface area (TPSA) is 158 Å². The van der Waals surface area contributed by atoms with Crippen LogP contribution in [0.3, 0.4) is 0 Å². The zero-order valence-electron chi connectivity index (χ0n) is 37.3. The number of carbonyl (C=O) groups excluding carboxylic acids is 5. The Labute approximate surface area is 384 Å². The highest BCUT2D eigenvalue weighted by molar-refractivity contribution is 5.90. The molecule has 12 nitrogen and oxygen atoms in total. The Morgan fingerprint density at radius 1 is 0.561 bits per heavy atom. The van der Waals surface area contributed by atoms with E-state index in [1.165, 1.54) is 6.92 Å². The standard InChI is InChI=1S/C54H53N3O9/c1-36(48(56-52(62)66-53(2,3)4)50(60)63-34-37-21-9-5-10-22-37)65-49(59)46(55-51(61)64-35-45-43-31-19-17-29-41(43)42-30-18-20-32-44(42)45)33-47(58)57-54(38-23-11-6-12-24-38,39-25-13-7-14-26-39)40-27-15-8-16-28-40/h5-32,36,45-46,48H,33-35H2,1-4H3,(H,55,61)(H,56,62)(H,57,58)/t36-,46+,48+/m1/s1. The van der Waals surface area contributed by atoms with Crippen LogP contribution in [-0.2, 0) is 45.5 Å². The molecule has 0 aliphatic heterocycles. The van der Waals surface area contributed by atoms with Crippen LogP contribution in [-0.4, -0.2) is 60.4 Å². The molecule has 0 fully saturated rings. The van der Waals surface area contributed by atoms with Crippen LogP contribution in [0.15, 0.2) is 170 Å². The lowest BCUT2D eigenvalue weighted by molar-refractivity contribution is -0.160. The molecule has 1 aliphatic rings. The maximum absolute atomic E-state index is 14.7. The molecule has 7 rings (SSSR count). The van der Waals surface area contributed by atoms with Gasteiger partial charge in [-0.25, -0.2) is 19.2 Å². The van der Waals surface area contributed by atoms with Crippen molar-refractivity contribution in [3.63, 3.8) is 0 Å². The zero-order chi connectivity index (χ0) is 46.7. The summed E-state index contributed by atoms with van der Waals surface area (Å²) in [6.07, 6.45) is -3.95. The Morgan fingerprint density at radius 2 is 1.03 bits per heavy atom. The smallest absolute Gasteiger partial charge is 0.408 e. The molecule has 0 spiro atoms. The Bertz CT molecular complexity index is 2480. The molecule has 0 saturated carbocycles. The van der Waals surface area contributed by atoms with E-state index < -0.39 is 65.8 Å². The van der Waals surface area contributed by atoms with Crippen molar-refractivity contribution in [3.8, 4) is 11.1 Å². The summed E-state index contributed by atoms with van der Waals surface area (Å²) in [7, 11) is 0. The lowest BCUT2D eigenvalue weighted by Gasteiger charge is -2.37. The number of hydrogen-bond acceptors (Lipinski definition) is 9. The molecule has 1 aliphatic carbocycles. The molecule has 338 valence electrons. The lowest BCUT2D eigenvalue weighted by Crippen LogP contribution is -2.54. The summed E-state index contributed by atoms with van der Waals surface area (Å²) in [6, 6.07) is 49.7. The predicted molar refractivity (Wildman–Crippen MR) is 249 cm³/mol. The molecule has 0 saturated heterocycles. The van der Waals surface area contributed by atoms with E-state index in [9.17, 15) is 24.0 Å². The second-order valence-corrected chi connectivity index (χ2v) is 17.0. The van der Waals surface area contributed by atoms with Gasteiger partial charge in [0.1, 0.15) is 36.5 Å². The van der Waals surface area contributed by atoms with Crippen molar-refractivity contribution in [2.45, 2.75) is 76.0 Å². The molecule has 12 heteroatoms. The summed E-state index contributed by atoms with van der Waals surface area (Å²) in [5, 5.41) is 8.30. The first kappa shape index (κ1) is 46.3. The molecule has 0 bridgehead atoms. The number of esters is 2. The Balaban J connectivity index is 1.17. The average molecular weight is 888 g/mol. The van der Waals surface area contributed by atoms with Gasteiger partial charge >= 0.3 is 24.1 Å². The summed E-state index contributed by atoms with van der Waals surface area (Å²) in [6.45, 7) is 6.16. The first-order chi connectivity index (χ1) is 31.8. The molecule has 6 aromatic carbocycles. The van der Waals surface area contributed by atoms with E-state index in [2.05, 4.69) is 16.0 Å². The average Bonchev–Trinajstić information content (AvgIpc) is 3.64. The van der Waals surface area contributed by atoms with E-state index in [1.54, 1.807) is 45.0 Å². The van der Waals surface area contributed by atoms with Crippen molar-refractivity contribution in [1.82, 2.24) is 16.0 Å². The third-order valence-corrected chi connectivity index (χ3v) is 11.2. The third-order valence-electron chi connectivity index (χ3n) is 11.2. The van der Waals surface area contributed by atoms with E-state index in [4.69, 9.17) is 18.9 Å². The van der Waals surface area contributed by atoms with Crippen LogP contribution < -0.4 is 16.0 Å². The summed E-state index contributed by atoms with van der Waals surface area (Å²) < 4.78 is 22.7. The second kappa shape index (κ2) is 20.8. The molecule has 0 heterocycles. The zero-order valence-corrected chi connectivity index (χ0v) is 37.3. The minimum absolute atomic E-state index is 0.0709. The minimum atomic E-state index is -1.65. The van der Waals surface area contributed by atoms with Gasteiger partial charge in [-0.05, 0) is 72.2 Å². The van der Waals surface area contributed by atoms with Gasteiger partial charge in [0.05, 0.1) is 6.42 Å². The molecule has 3 amide bonds. The number of ether oxygens (including phenoxy) is 4. The number of rotatable bonds is 16. The van der Waals surface area contributed by atoms with Gasteiger partial charge in [-0.1, -0.05) is 170 Å². The van der Waals surface area contributed by atoms with Crippen molar-refractivity contribution in [2.75, 3.05) is 6.61 Å². The number of alkyl carbamates (subject to hydrolysis) is 2.